The highest BCUT2D eigenvalue weighted by Gasteiger charge is 2.42. The van der Waals surface area contributed by atoms with Gasteiger partial charge in [0.15, 0.2) is 0 Å². The fraction of sp³-hybridized carbons (Fsp3) is 0.471. The number of fused-ring (bicyclic) bond motifs is 1. The number of carbonyl (C=O) groups is 3. The van der Waals surface area contributed by atoms with Crippen LogP contribution in [0.25, 0.3) is 0 Å². The lowest BCUT2D eigenvalue weighted by Gasteiger charge is -2.31. The Kier molecular flexibility index (Phi) is 5.36. The van der Waals surface area contributed by atoms with Crippen LogP contribution in [0.3, 0.4) is 0 Å². The third-order valence-corrected chi connectivity index (χ3v) is 4.20. The van der Waals surface area contributed by atoms with Crippen molar-refractivity contribution >= 4 is 17.8 Å². The molecule has 1 aliphatic rings. The van der Waals surface area contributed by atoms with Gasteiger partial charge >= 0.3 is 11.9 Å². The maximum Gasteiger partial charge on any atom is 0.326 e. The van der Waals surface area contributed by atoms with Gasteiger partial charge in [-0.15, -0.1) is 0 Å². The Labute approximate surface area is 134 Å². The molecule has 0 fully saturated rings. The van der Waals surface area contributed by atoms with E-state index in [9.17, 15) is 19.5 Å². The highest BCUT2D eigenvalue weighted by Crippen LogP contribution is 2.39. The van der Waals surface area contributed by atoms with Crippen molar-refractivity contribution in [3.63, 3.8) is 0 Å². The van der Waals surface area contributed by atoms with Crippen molar-refractivity contribution in [1.82, 2.24) is 4.90 Å². The molecule has 1 aliphatic heterocycles. The molecule has 2 unspecified atom stereocenters. The Hall–Kier alpha value is -2.37. The van der Waals surface area contributed by atoms with Gasteiger partial charge in [0.25, 0.3) is 5.91 Å². The molecule has 2 atom stereocenters. The molecule has 0 saturated carbocycles. The maximum absolute atomic E-state index is 12.7. The van der Waals surface area contributed by atoms with Crippen LogP contribution >= 0.6 is 0 Å². The molecule has 2 N–H and O–H groups in total. The van der Waals surface area contributed by atoms with Gasteiger partial charge in [0.2, 0.25) is 0 Å². The van der Waals surface area contributed by atoms with E-state index in [1.54, 1.807) is 12.1 Å². The second-order valence-electron chi connectivity index (χ2n) is 5.74. The molecule has 0 bridgehead atoms. The van der Waals surface area contributed by atoms with Gasteiger partial charge in [-0.1, -0.05) is 38.0 Å². The van der Waals surface area contributed by atoms with Crippen LogP contribution in [0.1, 0.15) is 61.0 Å². The third-order valence-electron chi connectivity index (χ3n) is 4.20. The minimum absolute atomic E-state index is 0.0903. The quantitative estimate of drug-likeness (QED) is 0.768. The van der Waals surface area contributed by atoms with Crippen molar-refractivity contribution in [2.45, 2.75) is 51.1 Å². The van der Waals surface area contributed by atoms with Crippen LogP contribution in [-0.4, -0.2) is 39.0 Å². The minimum Gasteiger partial charge on any atom is -0.481 e. The molecular weight excluding hydrogens is 298 g/mol. The van der Waals surface area contributed by atoms with Gasteiger partial charge < -0.3 is 15.1 Å². The van der Waals surface area contributed by atoms with Crippen molar-refractivity contribution in [2.24, 2.45) is 0 Å². The second-order valence-corrected chi connectivity index (χ2v) is 5.74. The molecular formula is C17H21NO5. The van der Waals surface area contributed by atoms with E-state index >= 15 is 0 Å². The molecule has 1 heterocycles. The Morgan fingerprint density at radius 3 is 2.57 bits per heavy atom. The van der Waals surface area contributed by atoms with E-state index in [2.05, 4.69) is 0 Å². The van der Waals surface area contributed by atoms with Gasteiger partial charge in [0.1, 0.15) is 6.04 Å². The average molecular weight is 319 g/mol. The minimum atomic E-state index is -1.16. The Morgan fingerprint density at radius 1 is 1.26 bits per heavy atom. The summed E-state index contributed by atoms with van der Waals surface area (Å²) in [5.41, 5.74) is 1.36. The van der Waals surface area contributed by atoms with Crippen LogP contribution in [0.2, 0.25) is 0 Å². The fourth-order valence-electron chi connectivity index (χ4n) is 3.11. The number of nitrogens with zero attached hydrogens (tertiary/aromatic N) is 1. The normalized spacial score (nSPS) is 17.9. The summed E-state index contributed by atoms with van der Waals surface area (Å²) in [6, 6.07) is 5.73. The number of benzene rings is 1. The molecule has 23 heavy (non-hydrogen) atoms. The smallest absolute Gasteiger partial charge is 0.326 e. The first-order valence-electron chi connectivity index (χ1n) is 7.83. The summed E-state index contributed by atoms with van der Waals surface area (Å²) in [5.74, 6) is -2.54. The van der Waals surface area contributed by atoms with E-state index in [1.165, 1.54) is 4.90 Å². The molecule has 124 valence electrons. The number of aliphatic carboxylic acids is 2. The fourth-order valence-corrected chi connectivity index (χ4v) is 3.11. The zero-order valence-corrected chi connectivity index (χ0v) is 13.1. The first-order chi connectivity index (χ1) is 11.0. The summed E-state index contributed by atoms with van der Waals surface area (Å²) >= 11 is 0. The van der Waals surface area contributed by atoms with Crippen LogP contribution in [0.5, 0.6) is 0 Å². The second kappa shape index (κ2) is 7.26. The summed E-state index contributed by atoms with van der Waals surface area (Å²) in [7, 11) is 0. The van der Waals surface area contributed by atoms with E-state index in [4.69, 9.17) is 5.11 Å². The lowest BCUT2D eigenvalue weighted by atomic mass is 9.99. The van der Waals surface area contributed by atoms with Gasteiger partial charge in [0, 0.05) is 12.0 Å². The summed E-state index contributed by atoms with van der Waals surface area (Å²) in [4.78, 5) is 36.5. The number of carboxylic acid groups (broad SMARTS) is 2. The van der Waals surface area contributed by atoms with Gasteiger partial charge in [-0.25, -0.2) is 4.79 Å². The molecule has 0 radical (unpaired) electrons. The zero-order valence-electron chi connectivity index (χ0n) is 13.1. The van der Waals surface area contributed by atoms with E-state index in [1.807, 2.05) is 19.1 Å². The standard InChI is InChI=1S/C17H21NO5/c1-2-3-8-13-11-6-4-5-7-12(11)16(21)18(13)14(17(22)23)9-10-15(19)20/h4-7,13-14H,2-3,8-10H2,1H3,(H,19,20)(H,22,23). The first-order valence-corrected chi connectivity index (χ1v) is 7.83. The van der Waals surface area contributed by atoms with Crippen molar-refractivity contribution in [1.29, 1.82) is 0 Å². The van der Waals surface area contributed by atoms with Crippen LogP contribution in [0.4, 0.5) is 0 Å². The van der Waals surface area contributed by atoms with Crippen LogP contribution in [0, 0.1) is 0 Å². The van der Waals surface area contributed by atoms with Crippen LogP contribution in [0.15, 0.2) is 24.3 Å². The Morgan fingerprint density at radius 2 is 1.96 bits per heavy atom. The first kappa shape index (κ1) is 17.0. The number of carbonyl (C=O) groups excluding carboxylic acids is 1. The predicted octanol–water partition coefficient (Wildman–Crippen LogP) is 2.69. The van der Waals surface area contributed by atoms with Gasteiger partial charge in [0.05, 0.1) is 6.04 Å². The van der Waals surface area contributed by atoms with Crippen LogP contribution in [-0.2, 0) is 9.59 Å². The van der Waals surface area contributed by atoms with Crippen molar-refractivity contribution in [2.75, 3.05) is 0 Å². The highest BCUT2D eigenvalue weighted by atomic mass is 16.4. The third kappa shape index (κ3) is 3.52. The van der Waals surface area contributed by atoms with Crippen molar-refractivity contribution in [3.8, 4) is 0 Å². The molecule has 1 amide bonds. The van der Waals surface area contributed by atoms with Crippen molar-refractivity contribution < 1.29 is 24.6 Å². The van der Waals surface area contributed by atoms with E-state index in [0.29, 0.717) is 12.0 Å². The van der Waals surface area contributed by atoms with Crippen LogP contribution < -0.4 is 0 Å². The molecule has 6 heteroatoms. The van der Waals surface area contributed by atoms with Gasteiger partial charge in [-0.2, -0.15) is 0 Å². The average Bonchev–Trinajstić information content (AvgIpc) is 2.78. The number of carboxylic acids is 2. The summed E-state index contributed by atoms with van der Waals surface area (Å²) < 4.78 is 0. The van der Waals surface area contributed by atoms with Gasteiger partial charge in [-0.3, -0.25) is 9.59 Å². The summed E-state index contributed by atoms with van der Waals surface area (Å²) in [6.07, 6.45) is 2.11. The SMILES string of the molecule is CCCCC1c2ccccc2C(=O)N1C(CCC(=O)O)C(=O)O. The molecule has 0 aromatic heterocycles. The zero-order chi connectivity index (χ0) is 17.0. The molecule has 0 aliphatic carbocycles. The molecule has 2 rings (SSSR count). The molecule has 6 nitrogen and oxygen atoms in total. The number of unbranched alkanes of at least 4 members (excludes halogenated alkanes) is 1. The molecule has 1 aromatic rings. The highest BCUT2D eigenvalue weighted by molar-refractivity contribution is 6.01. The maximum atomic E-state index is 12.7. The lowest BCUT2D eigenvalue weighted by Crippen LogP contribution is -2.43. The molecule has 1 aromatic carbocycles. The molecule has 0 spiro atoms. The van der Waals surface area contributed by atoms with E-state index in [0.717, 1.165) is 18.4 Å². The number of rotatable bonds is 8. The topological polar surface area (TPSA) is 94.9 Å². The van der Waals surface area contributed by atoms with E-state index in [-0.39, 0.29) is 24.8 Å². The number of hydrogen-bond donors (Lipinski definition) is 2. The molecule has 0 saturated heterocycles. The van der Waals surface area contributed by atoms with Crippen molar-refractivity contribution in [3.05, 3.63) is 35.4 Å². The number of hydrogen-bond acceptors (Lipinski definition) is 3. The summed E-state index contributed by atoms with van der Waals surface area (Å²) in [6.45, 7) is 2.03. The Balaban J connectivity index is 2.35. The predicted molar refractivity (Wildman–Crippen MR) is 83.2 cm³/mol. The Bertz CT molecular complexity index is 613. The summed E-state index contributed by atoms with van der Waals surface area (Å²) in [5, 5.41) is 18.3. The largest absolute Gasteiger partial charge is 0.481 e. The van der Waals surface area contributed by atoms with E-state index < -0.39 is 18.0 Å². The number of amides is 1. The van der Waals surface area contributed by atoms with Gasteiger partial charge in [-0.05, 0) is 24.5 Å². The lowest BCUT2D eigenvalue weighted by molar-refractivity contribution is -0.144. The monoisotopic (exact) mass is 319 g/mol.